The summed E-state index contributed by atoms with van der Waals surface area (Å²) in [7, 11) is 2.02. The summed E-state index contributed by atoms with van der Waals surface area (Å²) in [6.07, 6.45) is 0.945. The molecule has 2 rings (SSSR count). The van der Waals surface area contributed by atoms with Crippen LogP contribution in [0.15, 0.2) is 29.6 Å². The van der Waals surface area contributed by atoms with Crippen LogP contribution in [0.5, 0.6) is 0 Å². The second kappa shape index (κ2) is 6.06. The van der Waals surface area contributed by atoms with Crippen LogP contribution < -0.4 is 5.32 Å². The summed E-state index contributed by atoms with van der Waals surface area (Å²) in [6, 6.07) is 9.07. The van der Waals surface area contributed by atoms with Gasteiger partial charge >= 0.3 is 0 Å². The van der Waals surface area contributed by atoms with E-state index in [4.69, 9.17) is 4.98 Å². The molecule has 0 spiro atoms. The van der Waals surface area contributed by atoms with E-state index < -0.39 is 0 Å². The molecule has 1 aromatic carbocycles. The number of rotatable bonds is 4. The first kappa shape index (κ1) is 15.2. The van der Waals surface area contributed by atoms with E-state index in [-0.39, 0.29) is 5.41 Å². The molecule has 1 heterocycles. The second-order valence-electron chi connectivity index (χ2n) is 6.33. The fourth-order valence-corrected chi connectivity index (χ4v) is 3.18. The molecule has 2 nitrogen and oxygen atoms in total. The van der Waals surface area contributed by atoms with E-state index in [2.05, 4.69) is 62.7 Å². The van der Waals surface area contributed by atoms with Crippen LogP contribution in [0.25, 0.3) is 0 Å². The lowest BCUT2D eigenvalue weighted by atomic mass is 9.93. The molecule has 1 N–H and O–H groups in total. The van der Waals surface area contributed by atoms with Crippen LogP contribution in [0.3, 0.4) is 0 Å². The van der Waals surface area contributed by atoms with Gasteiger partial charge in [-0.2, -0.15) is 0 Å². The highest BCUT2D eigenvalue weighted by Crippen LogP contribution is 2.26. The van der Waals surface area contributed by atoms with Crippen molar-refractivity contribution in [3.05, 3.63) is 51.5 Å². The van der Waals surface area contributed by atoms with Crippen molar-refractivity contribution in [1.29, 1.82) is 0 Å². The van der Waals surface area contributed by atoms with Crippen LogP contribution in [0, 0.1) is 6.92 Å². The van der Waals surface area contributed by atoms with E-state index in [1.807, 2.05) is 7.05 Å². The van der Waals surface area contributed by atoms with Gasteiger partial charge in [0, 0.05) is 23.3 Å². The summed E-state index contributed by atoms with van der Waals surface area (Å²) < 4.78 is 0. The maximum atomic E-state index is 4.79. The van der Waals surface area contributed by atoms with Crippen LogP contribution in [-0.4, -0.2) is 12.0 Å². The smallest absolute Gasteiger partial charge is 0.0947 e. The van der Waals surface area contributed by atoms with E-state index in [9.17, 15) is 0 Å². The number of hydrogen-bond donors (Lipinski definition) is 1. The summed E-state index contributed by atoms with van der Waals surface area (Å²) in [6.45, 7) is 8.75. The van der Waals surface area contributed by atoms with E-state index in [0.717, 1.165) is 6.42 Å². The van der Waals surface area contributed by atoms with Crippen LogP contribution in [0.2, 0.25) is 0 Å². The number of aromatic nitrogens is 1. The van der Waals surface area contributed by atoms with Gasteiger partial charge in [-0.3, -0.25) is 0 Å². The van der Waals surface area contributed by atoms with Crippen LogP contribution in [0.4, 0.5) is 0 Å². The molecule has 0 aliphatic carbocycles. The predicted octanol–water partition coefficient (Wildman–Crippen LogP) is 4.25. The van der Waals surface area contributed by atoms with Crippen molar-refractivity contribution in [2.24, 2.45) is 0 Å². The van der Waals surface area contributed by atoms with Gasteiger partial charge in [0.25, 0.3) is 0 Å². The maximum absolute atomic E-state index is 4.79. The van der Waals surface area contributed by atoms with E-state index in [0.29, 0.717) is 6.04 Å². The molecule has 0 aliphatic heterocycles. The lowest BCUT2D eigenvalue weighted by Gasteiger charge is -2.16. The average Bonchev–Trinajstić information content (AvgIpc) is 2.85. The molecule has 0 fully saturated rings. The topological polar surface area (TPSA) is 24.9 Å². The highest BCUT2D eigenvalue weighted by Gasteiger charge is 2.19. The SMILES string of the molecule is CNC(Cc1nc(C(C)(C)C)cs1)c1ccc(C)cc1. The number of nitrogens with zero attached hydrogens (tertiary/aromatic N) is 1. The molecule has 108 valence electrons. The molecule has 0 radical (unpaired) electrons. The summed E-state index contributed by atoms with van der Waals surface area (Å²) in [5.74, 6) is 0. The van der Waals surface area contributed by atoms with Gasteiger partial charge in [0.2, 0.25) is 0 Å². The lowest BCUT2D eigenvalue weighted by molar-refractivity contribution is 0.560. The van der Waals surface area contributed by atoms with Crippen molar-refractivity contribution in [1.82, 2.24) is 10.3 Å². The van der Waals surface area contributed by atoms with Crippen molar-refractivity contribution in [2.45, 2.75) is 45.6 Å². The Kier molecular flexibility index (Phi) is 4.61. The third-order valence-corrected chi connectivity index (χ3v) is 4.40. The monoisotopic (exact) mass is 288 g/mol. The highest BCUT2D eigenvalue weighted by molar-refractivity contribution is 7.09. The largest absolute Gasteiger partial charge is 0.313 e. The zero-order chi connectivity index (χ0) is 14.8. The Labute approximate surface area is 126 Å². The van der Waals surface area contributed by atoms with Gasteiger partial charge in [0.1, 0.15) is 0 Å². The van der Waals surface area contributed by atoms with Gasteiger partial charge in [-0.05, 0) is 19.5 Å². The third kappa shape index (κ3) is 3.68. The van der Waals surface area contributed by atoms with E-state index >= 15 is 0 Å². The fraction of sp³-hybridized carbons (Fsp3) is 0.471. The number of hydrogen-bond acceptors (Lipinski definition) is 3. The first-order valence-corrected chi connectivity index (χ1v) is 7.97. The fourth-order valence-electron chi connectivity index (χ4n) is 2.11. The molecule has 2 aromatic rings. The minimum absolute atomic E-state index is 0.133. The highest BCUT2D eigenvalue weighted by atomic mass is 32.1. The Morgan fingerprint density at radius 2 is 1.85 bits per heavy atom. The van der Waals surface area contributed by atoms with Crippen LogP contribution in [-0.2, 0) is 11.8 Å². The number of thiazole rings is 1. The van der Waals surface area contributed by atoms with Crippen molar-refractivity contribution in [2.75, 3.05) is 7.05 Å². The maximum Gasteiger partial charge on any atom is 0.0947 e. The lowest BCUT2D eigenvalue weighted by Crippen LogP contribution is -2.19. The molecular weight excluding hydrogens is 264 g/mol. The van der Waals surface area contributed by atoms with E-state index in [1.165, 1.54) is 21.8 Å². The minimum Gasteiger partial charge on any atom is -0.313 e. The van der Waals surface area contributed by atoms with Gasteiger partial charge in [-0.15, -0.1) is 11.3 Å². The number of aryl methyl sites for hydroxylation is 1. The zero-order valence-corrected chi connectivity index (χ0v) is 13.8. The summed E-state index contributed by atoms with van der Waals surface area (Å²) in [5, 5.41) is 6.80. The Morgan fingerprint density at radius 1 is 1.20 bits per heavy atom. The Bertz CT molecular complexity index is 549. The second-order valence-corrected chi connectivity index (χ2v) is 7.28. The predicted molar refractivity (Wildman–Crippen MR) is 87.5 cm³/mol. The zero-order valence-electron chi connectivity index (χ0n) is 13.0. The van der Waals surface area contributed by atoms with Crippen molar-refractivity contribution >= 4 is 11.3 Å². The molecule has 1 unspecified atom stereocenters. The molecule has 1 aromatic heterocycles. The standard InChI is InChI=1S/C17H24N2S/c1-12-6-8-13(9-7-12)14(18-5)10-16-19-15(11-20-16)17(2,3)4/h6-9,11,14,18H,10H2,1-5H3. The minimum atomic E-state index is 0.133. The molecule has 0 bridgehead atoms. The van der Waals surface area contributed by atoms with Gasteiger partial charge < -0.3 is 5.32 Å². The molecule has 0 saturated carbocycles. The van der Waals surface area contributed by atoms with Gasteiger partial charge in [0.05, 0.1) is 10.7 Å². The first-order valence-electron chi connectivity index (χ1n) is 7.09. The summed E-state index contributed by atoms with van der Waals surface area (Å²) in [4.78, 5) is 4.79. The van der Waals surface area contributed by atoms with E-state index in [1.54, 1.807) is 11.3 Å². The third-order valence-electron chi connectivity index (χ3n) is 3.53. The van der Waals surface area contributed by atoms with Crippen LogP contribution >= 0.6 is 11.3 Å². The normalized spacial score (nSPS) is 13.4. The van der Waals surface area contributed by atoms with Gasteiger partial charge in [-0.1, -0.05) is 50.6 Å². The molecular formula is C17H24N2S. The van der Waals surface area contributed by atoms with Crippen molar-refractivity contribution in [3.8, 4) is 0 Å². The number of likely N-dealkylation sites (N-methyl/N-ethyl adjacent to an activating group) is 1. The Hall–Kier alpha value is -1.19. The van der Waals surface area contributed by atoms with Gasteiger partial charge in [-0.25, -0.2) is 4.98 Å². The molecule has 0 saturated heterocycles. The average molecular weight is 288 g/mol. The quantitative estimate of drug-likeness (QED) is 0.909. The number of nitrogens with one attached hydrogen (secondary N) is 1. The first-order chi connectivity index (χ1) is 9.40. The number of benzene rings is 1. The molecule has 1 atom stereocenters. The Morgan fingerprint density at radius 3 is 2.35 bits per heavy atom. The molecule has 20 heavy (non-hydrogen) atoms. The molecule has 0 aliphatic rings. The van der Waals surface area contributed by atoms with Gasteiger partial charge in [0.15, 0.2) is 0 Å². The summed E-state index contributed by atoms with van der Waals surface area (Å²) in [5.41, 5.74) is 3.95. The summed E-state index contributed by atoms with van der Waals surface area (Å²) >= 11 is 1.77. The molecule has 0 amide bonds. The Balaban J connectivity index is 2.14. The van der Waals surface area contributed by atoms with Crippen molar-refractivity contribution in [3.63, 3.8) is 0 Å². The van der Waals surface area contributed by atoms with Crippen molar-refractivity contribution < 1.29 is 0 Å². The van der Waals surface area contributed by atoms with Crippen LogP contribution in [0.1, 0.15) is 48.6 Å². The molecule has 3 heteroatoms.